The molecular formula is C38H40N2O3P2. The number of methoxy groups -OCH3 is 3. The van der Waals surface area contributed by atoms with Gasteiger partial charge in [0.2, 0.25) is 0 Å². The highest BCUT2D eigenvalue weighted by Gasteiger charge is 2.46. The van der Waals surface area contributed by atoms with E-state index < -0.39 is 15.8 Å². The van der Waals surface area contributed by atoms with Gasteiger partial charge in [0.15, 0.2) is 18.0 Å². The van der Waals surface area contributed by atoms with E-state index in [0.29, 0.717) is 0 Å². The van der Waals surface area contributed by atoms with E-state index in [1.165, 1.54) is 32.1 Å². The first kappa shape index (κ1) is 31.2. The molecule has 0 aromatic heterocycles. The highest BCUT2D eigenvalue weighted by molar-refractivity contribution is 7.77. The monoisotopic (exact) mass is 634 g/mol. The quantitative estimate of drug-likeness (QED) is 0.217. The summed E-state index contributed by atoms with van der Waals surface area (Å²) >= 11 is 0. The summed E-state index contributed by atoms with van der Waals surface area (Å²) in [7, 11) is 3.48. The molecule has 1 N–H and O–H groups in total. The molecule has 0 amide bonds. The van der Waals surface area contributed by atoms with Crippen LogP contribution in [-0.2, 0) is 14.2 Å². The van der Waals surface area contributed by atoms with E-state index in [1.807, 2.05) is 0 Å². The van der Waals surface area contributed by atoms with Crippen molar-refractivity contribution >= 4 is 43.0 Å². The number of rotatable bonds is 9. The van der Waals surface area contributed by atoms with Crippen LogP contribution in [0, 0.1) is 5.92 Å². The maximum atomic E-state index is 6.26. The Bertz CT molecular complexity index is 1570. The van der Waals surface area contributed by atoms with Crippen molar-refractivity contribution in [2.75, 3.05) is 21.3 Å². The topological polar surface area (TPSA) is 52.1 Å². The fraction of sp³-hybridized carbons (Fsp3) is 0.237. The molecule has 0 bridgehead atoms. The maximum absolute atomic E-state index is 6.26. The van der Waals surface area contributed by atoms with Crippen LogP contribution in [0.2, 0.25) is 0 Å². The number of nitrogens with one attached hydrogen (secondary N) is 1. The summed E-state index contributed by atoms with van der Waals surface area (Å²) in [5.74, 6) is 1.41. The van der Waals surface area contributed by atoms with Crippen molar-refractivity contribution in [1.29, 1.82) is 0 Å². The van der Waals surface area contributed by atoms with Crippen LogP contribution in [-0.4, -0.2) is 45.2 Å². The predicted molar refractivity (Wildman–Crippen MR) is 190 cm³/mol. The van der Waals surface area contributed by atoms with Gasteiger partial charge in [0.1, 0.15) is 0 Å². The average molecular weight is 635 g/mol. The minimum atomic E-state index is -0.929. The van der Waals surface area contributed by atoms with Crippen LogP contribution < -0.4 is 26.5 Å². The summed E-state index contributed by atoms with van der Waals surface area (Å²) in [5.41, 5.74) is 1.46. The highest BCUT2D eigenvalue weighted by atomic mass is 31.1. The van der Waals surface area contributed by atoms with Crippen molar-refractivity contribution in [3.63, 3.8) is 0 Å². The summed E-state index contributed by atoms with van der Waals surface area (Å²) in [5, 5.41) is 10.2. The molecular weight excluding hydrogens is 594 g/mol. The van der Waals surface area contributed by atoms with Crippen molar-refractivity contribution in [1.82, 2.24) is 5.32 Å². The summed E-state index contributed by atoms with van der Waals surface area (Å²) < 4.78 is 18.1. The molecule has 0 saturated carbocycles. The van der Waals surface area contributed by atoms with E-state index in [2.05, 4.69) is 140 Å². The molecule has 230 valence electrons. The highest BCUT2D eigenvalue weighted by Crippen LogP contribution is 2.55. The lowest BCUT2D eigenvalue weighted by Gasteiger charge is -2.44. The van der Waals surface area contributed by atoms with Gasteiger partial charge in [-0.3, -0.25) is 0 Å². The SMILES string of the molecule is COC1=CC(P(c2ccccc2)c2ccccc2)=C([C@H]2C(OC)=N[C@@H](OC)C[C@H]2P(c2ccccc2)c2ccccc2)[C@H](C)N1. The van der Waals surface area contributed by atoms with Crippen LogP contribution in [0.4, 0.5) is 0 Å². The fourth-order valence-electron chi connectivity index (χ4n) is 6.50. The summed E-state index contributed by atoms with van der Waals surface area (Å²) in [6, 6.07) is 43.6. The zero-order valence-corrected chi connectivity index (χ0v) is 28.0. The number of dihydropyridines is 1. The van der Waals surface area contributed by atoms with Gasteiger partial charge < -0.3 is 19.5 Å². The van der Waals surface area contributed by atoms with Gasteiger partial charge in [-0.05, 0) is 54.9 Å². The third-order valence-electron chi connectivity index (χ3n) is 8.46. The second-order valence-electron chi connectivity index (χ2n) is 11.1. The second-order valence-corrected chi connectivity index (χ2v) is 15.7. The number of nitrogens with zero attached hydrogens (tertiary/aromatic N) is 1. The Morgan fingerprint density at radius 2 is 1.16 bits per heavy atom. The van der Waals surface area contributed by atoms with Crippen molar-refractivity contribution in [3.05, 3.63) is 144 Å². The molecule has 4 aromatic rings. The lowest BCUT2D eigenvalue weighted by molar-refractivity contribution is 0.0897. The van der Waals surface area contributed by atoms with Crippen LogP contribution in [0.15, 0.2) is 149 Å². The fourth-order valence-corrected chi connectivity index (χ4v) is 12.2. The molecule has 0 spiro atoms. The molecule has 0 aliphatic carbocycles. The van der Waals surface area contributed by atoms with Crippen molar-refractivity contribution in [2.45, 2.75) is 31.3 Å². The van der Waals surface area contributed by atoms with E-state index in [0.717, 1.165) is 18.2 Å². The number of hydrogen-bond donors (Lipinski definition) is 1. The first-order valence-corrected chi connectivity index (χ1v) is 18.1. The Labute approximate surface area is 269 Å². The summed E-state index contributed by atoms with van der Waals surface area (Å²) in [6.07, 6.45) is 2.72. The smallest absolute Gasteiger partial charge is 0.193 e. The first-order chi connectivity index (χ1) is 22.1. The third kappa shape index (κ3) is 6.63. The van der Waals surface area contributed by atoms with Gasteiger partial charge in [-0.1, -0.05) is 121 Å². The molecule has 5 nitrogen and oxygen atoms in total. The third-order valence-corrected chi connectivity index (χ3v) is 13.8. The van der Waals surface area contributed by atoms with E-state index in [4.69, 9.17) is 19.2 Å². The molecule has 2 aliphatic rings. The van der Waals surface area contributed by atoms with Crippen molar-refractivity contribution in [2.24, 2.45) is 10.9 Å². The van der Waals surface area contributed by atoms with Crippen molar-refractivity contribution in [3.8, 4) is 0 Å². The summed E-state index contributed by atoms with van der Waals surface area (Å²) in [6.45, 7) is 2.24. The Hall–Kier alpha value is -3.75. The van der Waals surface area contributed by atoms with Gasteiger partial charge in [-0.15, -0.1) is 0 Å². The molecule has 2 aliphatic heterocycles. The molecule has 0 radical (unpaired) electrons. The standard InChI is InChI=1S/C38H40N2O3P2/c1-27-36(32(25-34(39-27)41-2)44(28-17-9-5-10-18-28)29-19-11-6-12-20-29)37-33(26-35(42-3)40-38(37)43-4)45(30-21-13-7-14-22-30)31-23-15-8-16-24-31/h5-25,27,33,35,37,39H,26H2,1-4H3/t27-,33+,35-,37-/m0/s1. The predicted octanol–water partition coefficient (Wildman–Crippen LogP) is 6.39. The van der Waals surface area contributed by atoms with Gasteiger partial charge in [-0.2, -0.15) is 0 Å². The van der Waals surface area contributed by atoms with Crippen molar-refractivity contribution < 1.29 is 14.2 Å². The van der Waals surface area contributed by atoms with E-state index in [1.54, 1.807) is 21.3 Å². The van der Waals surface area contributed by atoms with E-state index in [9.17, 15) is 0 Å². The Balaban J connectivity index is 1.64. The normalized spacial score (nSPS) is 21.6. The number of aliphatic imine (C=N–C) groups is 1. The minimum Gasteiger partial charge on any atom is -0.484 e. The van der Waals surface area contributed by atoms with Gasteiger partial charge in [0.25, 0.3) is 0 Å². The lowest BCUT2D eigenvalue weighted by Crippen LogP contribution is -2.46. The average Bonchev–Trinajstić information content (AvgIpc) is 3.10. The largest absolute Gasteiger partial charge is 0.484 e. The van der Waals surface area contributed by atoms with Crippen LogP contribution in [0.1, 0.15) is 13.3 Å². The molecule has 6 rings (SSSR count). The lowest BCUT2D eigenvalue weighted by atomic mass is 9.85. The Morgan fingerprint density at radius 3 is 1.60 bits per heavy atom. The van der Waals surface area contributed by atoms with Gasteiger partial charge in [0.05, 0.1) is 20.1 Å². The van der Waals surface area contributed by atoms with Crippen LogP contribution in [0.25, 0.3) is 0 Å². The van der Waals surface area contributed by atoms with Gasteiger partial charge in [-0.25, -0.2) is 4.99 Å². The molecule has 2 heterocycles. The van der Waals surface area contributed by atoms with E-state index in [-0.39, 0.29) is 23.8 Å². The zero-order chi connectivity index (χ0) is 31.2. The molecule has 4 aromatic carbocycles. The van der Waals surface area contributed by atoms with Crippen LogP contribution in [0.3, 0.4) is 0 Å². The molecule has 45 heavy (non-hydrogen) atoms. The van der Waals surface area contributed by atoms with Gasteiger partial charge >= 0.3 is 0 Å². The molecule has 0 unspecified atom stereocenters. The number of benzene rings is 4. The number of allylic oxidation sites excluding steroid dienone is 2. The van der Waals surface area contributed by atoms with Crippen LogP contribution >= 0.6 is 15.8 Å². The number of hydrogen-bond acceptors (Lipinski definition) is 5. The minimum absolute atomic E-state index is 0.0206. The second kappa shape index (κ2) is 14.6. The molecule has 0 saturated heterocycles. The summed E-state index contributed by atoms with van der Waals surface area (Å²) in [4.78, 5) is 5.08. The molecule has 0 fully saturated rings. The maximum Gasteiger partial charge on any atom is 0.193 e. The first-order valence-electron chi connectivity index (χ1n) is 15.3. The van der Waals surface area contributed by atoms with Crippen LogP contribution in [0.5, 0.6) is 0 Å². The Morgan fingerprint density at radius 1 is 0.667 bits per heavy atom. The van der Waals surface area contributed by atoms with E-state index >= 15 is 0 Å². The number of ether oxygens (including phenoxy) is 3. The molecule has 7 heteroatoms. The van der Waals surface area contributed by atoms with Gasteiger partial charge in [0, 0.05) is 31.3 Å². The Kier molecular flexibility index (Phi) is 10.1. The molecule has 4 atom stereocenters. The zero-order valence-electron chi connectivity index (χ0n) is 26.2.